The third-order valence-corrected chi connectivity index (χ3v) is 2.82. The minimum absolute atomic E-state index is 0.285. The van der Waals surface area contributed by atoms with Gasteiger partial charge in [0, 0.05) is 24.0 Å². The van der Waals surface area contributed by atoms with Gasteiger partial charge >= 0.3 is 0 Å². The molecule has 0 aliphatic heterocycles. The molecular formula is C10H16ClNO2S. The minimum Gasteiger partial charge on any atom is -0.490 e. The first-order valence-corrected chi connectivity index (χ1v) is 6.12. The van der Waals surface area contributed by atoms with Gasteiger partial charge in [0.2, 0.25) is 0 Å². The van der Waals surface area contributed by atoms with E-state index in [4.69, 9.17) is 16.3 Å². The molecule has 0 bridgehead atoms. The topological polar surface area (TPSA) is 41.5 Å². The minimum atomic E-state index is -0.494. The molecule has 86 valence electrons. The van der Waals surface area contributed by atoms with E-state index in [0.29, 0.717) is 22.7 Å². The molecule has 0 aromatic carbocycles. The van der Waals surface area contributed by atoms with Crippen LogP contribution in [0.4, 0.5) is 0 Å². The van der Waals surface area contributed by atoms with Crippen molar-refractivity contribution in [2.45, 2.75) is 26.0 Å². The number of hydrogen-bond donors (Lipinski definition) is 2. The van der Waals surface area contributed by atoms with E-state index < -0.39 is 6.10 Å². The van der Waals surface area contributed by atoms with Crippen LogP contribution in [-0.2, 0) is 0 Å². The molecule has 0 amide bonds. The molecule has 1 heterocycles. The molecule has 0 saturated carbocycles. The SMILES string of the molecule is CC(C)NCC(O)COc1csc(Cl)c1. The van der Waals surface area contributed by atoms with Crippen molar-refractivity contribution in [2.24, 2.45) is 0 Å². The van der Waals surface area contributed by atoms with Crippen LogP contribution in [0.3, 0.4) is 0 Å². The summed E-state index contributed by atoms with van der Waals surface area (Å²) in [7, 11) is 0. The average Bonchev–Trinajstić information content (AvgIpc) is 2.58. The summed E-state index contributed by atoms with van der Waals surface area (Å²) in [6.07, 6.45) is -0.494. The van der Waals surface area contributed by atoms with Gasteiger partial charge < -0.3 is 15.2 Å². The van der Waals surface area contributed by atoms with Crippen LogP contribution < -0.4 is 10.1 Å². The number of hydrogen-bond acceptors (Lipinski definition) is 4. The molecule has 0 spiro atoms. The molecule has 1 aromatic rings. The molecular weight excluding hydrogens is 234 g/mol. The molecule has 0 saturated heterocycles. The molecule has 0 fully saturated rings. The van der Waals surface area contributed by atoms with Crippen molar-refractivity contribution in [1.29, 1.82) is 0 Å². The van der Waals surface area contributed by atoms with E-state index in [0.717, 1.165) is 0 Å². The van der Waals surface area contributed by atoms with Crippen LogP contribution >= 0.6 is 22.9 Å². The zero-order valence-electron chi connectivity index (χ0n) is 8.87. The maximum atomic E-state index is 9.55. The molecule has 3 nitrogen and oxygen atoms in total. The predicted molar refractivity (Wildman–Crippen MR) is 64.0 cm³/mol. The van der Waals surface area contributed by atoms with Crippen molar-refractivity contribution in [3.05, 3.63) is 15.8 Å². The Kier molecular flexibility index (Phi) is 5.39. The van der Waals surface area contributed by atoms with Crippen LogP contribution in [0.2, 0.25) is 4.34 Å². The highest BCUT2D eigenvalue weighted by atomic mass is 35.5. The molecule has 0 radical (unpaired) electrons. The summed E-state index contributed by atoms with van der Waals surface area (Å²) < 4.78 is 6.05. The van der Waals surface area contributed by atoms with E-state index in [1.165, 1.54) is 11.3 Å². The quantitative estimate of drug-likeness (QED) is 0.812. The zero-order valence-corrected chi connectivity index (χ0v) is 10.4. The van der Waals surface area contributed by atoms with E-state index in [1.54, 1.807) is 6.07 Å². The molecule has 2 N–H and O–H groups in total. The van der Waals surface area contributed by atoms with Crippen molar-refractivity contribution in [2.75, 3.05) is 13.2 Å². The molecule has 1 rings (SSSR count). The molecule has 0 aliphatic carbocycles. The Labute approximate surface area is 99.0 Å². The molecule has 15 heavy (non-hydrogen) atoms. The average molecular weight is 250 g/mol. The van der Waals surface area contributed by atoms with Gasteiger partial charge in [-0.15, -0.1) is 11.3 Å². The standard InChI is InChI=1S/C10H16ClNO2S/c1-7(2)12-4-8(13)5-14-9-3-10(11)15-6-9/h3,6-8,12-13H,4-5H2,1-2H3. The van der Waals surface area contributed by atoms with Gasteiger partial charge in [-0.25, -0.2) is 0 Å². The largest absolute Gasteiger partial charge is 0.490 e. The van der Waals surface area contributed by atoms with Crippen LogP contribution in [0, 0.1) is 0 Å². The van der Waals surface area contributed by atoms with Crippen LogP contribution in [0.25, 0.3) is 0 Å². The Bertz CT molecular complexity index is 291. The van der Waals surface area contributed by atoms with Gasteiger partial charge in [0.1, 0.15) is 18.5 Å². The summed E-state index contributed by atoms with van der Waals surface area (Å²) in [5.41, 5.74) is 0. The number of aliphatic hydroxyl groups is 1. The Hall–Kier alpha value is -0.290. The van der Waals surface area contributed by atoms with Gasteiger partial charge in [-0.3, -0.25) is 0 Å². The second kappa shape index (κ2) is 6.33. The first-order valence-electron chi connectivity index (χ1n) is 4.86. The summed E-state index contributed by atoms with van der Waals surface area (Å²) in [4.78, 5) is 0. The van der Waals surface area contributed by atoms with Gasteiger partial charge in [-0.1, -0.05) is 25.4 Å². The van der Waals surface area contributed by atoms with E-state index in [-0.39, 0.29) is 6.61 Å². The first-order chi connectivity index (χ1) is 7.08. The summed E-state index contributed by atoms with van der Waals surface area (Å²) in [5.74, 6) is 0.716. The summed E-state index contributed by atoms with van der Waals surface area (Å²) in [5, 5.41) is 14.5. The second-order valence-corrected chi connectivity index (χ2v) is 5.16. The highest BCUT2D eigenvalue weighted by molar-refractivity contribution is 7.14. The smallest absolute Gasteiger partial charge is 0.131 e. The van der Waals surface area contributed by atoms with Gasteiger partial charge in [0.15, 0.2) is 0 Å². The maximum absolute atomic E-state index is 9.55. The third kappa shape index (κ3) is 5.37. The van der Waals surface area contributed by atoms with E-state index >= 15 is 0 Å². The van der Waals surface area contributed by atoms with Crippen molar-refractivity contribution in [1.82, 2.24) is 5.32 Å². The number of aliphatic hydroxyl groups excluding tert-OH is 1. The fraction of sp³-hybridized carbons (Fsp3) is 0.600. The normalized spacial score (nSPS) is 13.1. The summed E-state index contributed by atoms with van der Waals surface area (Å²) >= 11 is 7.16. The number of thiophene rings is 1. The lowest BCUT2D eigenvalue weighted by molar-refractivity contribution is 0.105. The van der Waals surface area contributed by atoms with Crippen molar-refractivity contribution >= 4 is 22.9 Å². The number of halogens is 1. The van der Waals surface area contributed by atoms with Crippen molar-refractivity contribution in [3.8, 4) is 5.75 Å². The summed E-state index contributed by atoms with van der Waals surface area (Å²) in [6.45, 7) is 4.89. The predicted octanol–water partition coefficient (Wildman–Crippen LogP) is 2.14. The Morgan fingerprint density at radius 3 is 2.87 bits per heavy atom. The lowest BCUT2D eigenvalue weighted by Crippen LogP contribution is -2.35. The van der Waals surface area contributed by atoms with Gasteiger partial charge in [-0.05, 0) is 0 Å². The van der Waals surface area contributed by atoms with Gasteiger partial charge in [0.25, 0.3) is 0 Å². The fourth-order valence-electron chi connectivity index (χ4n) is 0.993. The van der Waals surface area contributed by atoms with E-state index in [9.17, 15) is 5.11 Å². The lowest BCUT2D eigenvalue weighted by atomic mass is 10.3. The molecule has 0 aliphatic rings. The molecule has 5 heteroatoms. The van der Waals surface area contributed by atoms with Gasteiger partial charge in [0.05, 0.1) is 4.34 Å². The molecule has 1 aromatic heterocycles. The van der Waals surface area contributed by atoms with Crippen molar-refractivity contribution < 1.29 is 9.84 Å². The van der Waals surface area contributed by atoms with Crippen LogP contribution in [-0.4, -0.2) is 30.4 Å². The maximum Gasteiger partial charge on any atom is 0.131 e. The highest BCUT2D eigenvalue weighted by Crippen LogP contribution is 2.25. The van der Waals surface area contributed by atoms with Gasteiger partial charge in [-0.2, -0.15) is 0 Å². The number of ether oxygens (including phenoxy) is 1. The number of nitrogens with one attached hydrogen (secondary N) is 1. The fourth-order valence-corrected chi connectivity index (χ4v) is 1.78. The lowest BCUT2D eigenvalue weighted by Gasteiger charge is -2.14. The monoisotopic (exact) mass is 249 g/mol. The second-order valence-electron chi connectivity index (χ2n) is 3.61. The Balaban J connectivity index is 2.19. The van der Waals surface area contributed by atoms with Crippen molar-refractivity contribution in [3.63, 3.8) is 0 Å². The first kappa shape index (κ1) is 12.8. The highest BCUT2D eigenvalue weighted by Gasteiger charge is 2.06. The molecule has 1 atom stereocenters. The van der Waals surface area contributed by atoms with Crippen LogP contribution in [0.5, 0.6) is 5.75 Å². The zero-order chi connectivity index (χ0) is 11.3. The Morgan fingerprint density at radius 1 is 1.60 bits per heavy atom. The molecule has 1 unspecified atom stereocenters. The van der Waals surface area contributed by atoms with Crippen LogP contribution in [0.1, 0.15) is 13.8 Å². The van der Waals surface area contributed by atoms with E-state index in [1.807, 2.05) is 19.2 Å². The third-order valence-electron chi connectivity index (χ3n) is 1.75. The van der Waals surface area contributed by atoms with E-state index in [2.05, 4.69) is 5.32 Å². The summed E-state index contributed by atoms with van der Waals surface area (Å²) in [6, 6.07) is 2.12. The Morgan fingerprint density at radius 2 is 2.33 bits per heavy atom. The number of rotatable bonds is 6. The van der Waals surface area contributed by atoms with Crippen LogP contribution in [0.15, 0.2) is 11.4 Å².